The van der Waals surface area contributed by atoms with E-state index in [-0.39, 0.29) is 12.7 Å². The summed E-state index contributed by atoms with van der Waals surface area (Å²) < 4.78 is 11.3. The predicted molar refractivity (Wildman–Crippen MR) is 53.1 cm³/mol. The van der Waals surface area contributed by atoms with Gasteiger partial charge in [0.25, 0.3) is 0 Å². The Morgan fingerprint density at radius 1 is 1.64 bits per heavy atom. The molecule has 0 radical (unpaired) electrons. The fraction of sp³-hybridized carbons (Fsp3) is 0.444. The van der Waals surface area contributed by atoms with Crippen LogP contribution < -0.4 is 4.74 Å². The lowest BCUT2D eigenvalue weighted by atomic mass is 10.3. The van der Waals surface area contributed by atoms with Crippen molar-refractivity contribution < 1.29 is 14.6 Å². The number of pyridine rings is 1. The summed E-state index contributed by atoms with van der Waals surface area (Å²) in [5.41, 5.74) is 0.686. The summed E-state index contributed by atoms with van der Waals surface area (Å²) in [5.74, 6) is 0.490. The monoisotopic (exact) mass is 259 g/mol. The van der Waals surface area contributed by atoms with Gasteiger partial charge in [-0.05, 0) is 22.0 Å². The number of ether oxygens (including phenoxy) is 2. The van der Waals surface area contributed by atoms with Gasteiger partial charge < -0.3 is 14.6 Å². The molecule has 1 N–H and O–H groups in total. The summed E-state index contributed by atoms with van der Waals surface area (Å²) in [4.78, 5) is 4.09. The maximum absolute atomic E-state index is 9.07. The fourth-order valence-electron chi connectivity index (χ4n) is 1.13. The summed E-state index contributed by atoms with van der Waals surface area (Å²) in [6.45, 7) is 1.13. The molecule has 1 aliphatic heterocycles. The predicted octanol–water partition coefficient (Wildman–Crippen LogP) is 1.11. The number of nitrogens with zero attached hydrogens (tertiary/aromatic N) is 1. The molecule has 0 aliphatic carbocycles. The Labute approximate surface area is 90.0 Å². The van der Waals surface area contributed by atoms with Gasteiger partial charge in [-0.1, -0.05) is 0 Å². The molecular weight excluding hydrogens is 250 g/mol. The van der Waals surface area contributed by atoms with Crippen LogP contribution >= 0.6 is 15.9 Å². The maximum atomic E-state index is 9.07. The number of halogens is 1. The highest BCUT2D eigenvalue weighted by atomic mass is 79.9. The molecule has 4 nitrogen and oxygen atoms in total. The van der Waals surface area contributed by atoms with E-state index in [0.29, 0.717) is 24.7 Å². The Kier molecular flexibility index (Phi) is 3.00. The SMILES string of the molecule is OCc1cc(Br)cnc1OC1COC1. The molecule has 0 bridgehead atoms. The molecule has 1 aromatic heterocycles. The second-order valence-corrected chi connectivity index (χ2v) is 3.97. The van der Waals surface area contributed by atoms with Gasteiger partial charge in [-0.25, -0.2) is 4.98 Å². The molecular formula is C9H10BrNO3. The molecule has 5 heteroatoms. The minimum atomic E-state index is -0.0741. The smallest absolute Gasteiger partial charge is 0.219 e. The zero-order valence-corrected chi connectivity index (χ0v) is 9.03. The summed E-state index contributed by atoms with van der Waals surface area (Å²) in [6.07, 6.45) is 1.72. The largest absolute Gasteiger partial charge is 0.469 e. The van der Waals surface area contributed by atoms with Crippen LogP contribution in [0.5, 0.6) is 5.88 Å². The molecule has 1 saturated heterocycles. The molecule has 76 valence electrons. The van der Waals surface area contributed by atoms with E-state index in [1.54, 1.807) is 12.3 Å². The molecule has 0 unspecified atom stereocenters. The van der Waals surface area contributed by atoms with Crippen molar-refractivity contribution in [3.63, 3.8) is 0 Å². The molecule has 0 spiro atoms. The van der Waals surface area contributed by atoms with Crippen LogP contribution in [0.2, 0.25) is 0 Å². The maximum Gasteiger partial charge on any atom is 0.219 e. The number of hydrogen-bond acceptors (Lipinski definition) is 4. The van der Waals surface area contributed by atoms with E-state index in [1.807, 2.05) is 0 Å². The van der Waals surface area contributed by atoms with Crippen LogP contribution in [-0.4, -0.2) is 29.4 Å². The van der Waals surface area contributed by atoms with E-state index >= 15 is 0 Å². The first-order chi connectivity index (χ1) is 6.79. The molecule has 0 saturated carbocycles. The lowest BCUT2D eigenvalue weighted by Gasteiger charge is -2.26. The quantitative estimate of drug-likeness (QED) is 0.884. The molecule has 1 fully saturated rings. The number of rotatable bonds is 3. The fourth-order valence-corrected chi connectivity index (χ4v) is 1.51. The second kappa shape index (κ2) is 4.25. The van der Waals surface area contributed by atoms with Crippen LogP contribution in [0, 0.1) is 0 Å². The van der Waals surface area contributed by atoms with Crippen LogP contribution in [0.1, 0.15) is 5.56 Å². The van der Waals surface area contributed by atoms with Crippen LogP contribution in [0.25, 0.3) is 0 Å². The van der Waals surface area contributed by atoms with Crippen LogP contribution in [-0.2, 0) is 11.3 Å². The Hall–Kier alpha value is -0.650. The first-order valence-corrected chi connectivity index (χ1v) is 5.08. The van der Waals surface area contributed by atoms with Crippen molar-refractivity contribution in [3.8, 4) is 5.88 Å². The Balaban J connectivity index is 2.14. The Bertz CT molecular complexity index is 328. The number of aromatic nitrogens is 1. The van der Waals surface area contributed by atoms with Gasteiger partial charge in [0.2, 0.25) is 5.88 Å². The highest BCUT2D eigenvalue weighted by Gasteiger charge is 2.21. The van der Waals surface area contributed by atoms with E-state index in [1.165, 1.54) is 0 Å². The average molecular weight is 260 g/mol. The zero-order chi connectivity index (χ0) is 9.97. The van der Waals surface area contributed by atoms with Crippen molar-refractivity contribution >= 4 is 15.9 Å². The average Bonchev–Trinajstić information content (AvgIpc) is 2.13. The number of aliphatic hydroxyl groups is 1. The second-order valence-electron chi connectivity index (χ2n) is 3.05. The van der Waals surface area contributed by atoms with Gasteiger partial charge in [0, 0.05) is 16.2 Å². The van der Waals surface area contributed by atoms with Crippen molar-refractivity contribution in [2.45, 2.75) is 12.7 Å². The van der Waals surface area contributed by atoms with Gasteiger partial charge in [-0.3, -0.25) is 0 Å². The third-order valence-corrected chi connectivity index (χ3v) is 2.38. The van der Waals surface area contributed by atoms with Gasteiger partial charge in [0.1, 0.15) is 6.10 Å². The first kappa shape index (κ1) is 9.89. The van der Waals surface area contributed by atoms with Crippen LogP contribution in [0.4, 0.5) is 0 Å². The van der Waals surface area contributed by atoms with Crippen molar-refractivity contribution in [2.24, 2.45) is 0 Å². The molecule has 0 atom stereocenters. The molecule has 1 aromatic rings. The van der Waals surface area contributed by atoms with E-state index in [4.69, 9.17) is 14.6 Å². The molecule has 1 aliphatic rings. The minimum Gasteiger partial charge on any atom is -0.469 e. The normalized spacial score (nSPS) is 16.4. The number of aliphatic hydroxyl groups excluding tert-OH is 1. The number of hydrogen-bond donors (Lipinski definition) is 1. The van der Waals surface area contributed by atoms with Gasteiger partial charge >= 0.3 is 0 Å². The third kappa shape index (κ3) is 2.05. The summed E-state index contributed by atoms with van der Waals surface area (Å²) in [5, 5.41) is 9.07. The van der Waals surface area contributed by atoms with Gasteiger partial charge in [0.05, 0.1) is 19.8 Å². The van der Waals surface area contributed by atoms with Gasteiger partial charge in [0.15, 0.2) is 0 Å². The minimum absolute atomic E-state index is 0.0741. The highest BCUT2D eigenvalue weighted by Crippen LogP contribution is 2.22. The van der Waals surface area contributed by atoms with Crippen molar-refractivity contribution in [1.82, 2.24) is 4.98 Å². The first-order valence-electron chi connectivity index (χ1n) is 4.29. The summed E-state index contributed by atoms with van der Waals surface area (Å²) >= 11 is 3.28. The Morgan fingerprint density at radius 3 is 3.00 bits per heavy atom. The van der Waals surface area contributed by atoms with E-state index in [0.717, 1.165) is 4.47 Å². The van der Waals surface area contributed by atoms with Gasteiger partial charge in [-0.2, -0.15) is 0 Å². The summed E-state index contributed by atoms with van der Waals surface area (Å²) in [7, 11) is 0. The zero-order valence-electron chi connectivity index (χ0n) is 7.44. The van der Waals surface area contributed by atoms with Crippen molar-refractivity contribution in [3.05, 3.63) is 22.3 Å². The molecule has 0 aromatic carbocycles. The van der Waals surface area contributed by atoms with Crippen molar-refractivity contribution in [2.75, 3.05) is 13.2 Å². The van der Waals surface area contributed by atoms with Gasteiger partial charge in [-0.15, -0.1) is 0 Å². The van der Waals surface area contributed by atoms with Crippen LogP contribution in [0.15, 0.2) is 16.7 Å². The lowest BCUT2D eigenvalue weighted by molar-refractivity contribution is -0.0819. The van der Waals surface area contributed by atoms with E-state index < -0.39 is 0 Å². The Morgan fingerprint density at radius 2 is 2.43 bits per heavy atom. The molecule has 0 amide bonds. The highest BCUT2D eigenvalue weighted by molar-refractivity contribution is 9.10. The topological polar surface area (TPSA) is 51.6 Å². The molecule has 2 heterocycles. The molecule has 14 heavy (non-hydrogen) atoms. The van der Waals surface area contributed by atoms with Crippen molar-refractivity contribution in [1.29, 1.82) is 0 Å². The van der Waals surface area contributed by atoms with E-state index in [9.17, 15) is 0 Å². The standard InChI is InChI=1S/C9H10BrNO3/c10-7-1-6(3-12)9(11-2-7)14-8-4-13-5-8/h1-2,8,12H,3-5H2. The van der Waals surface area contributed by atoms with Crippen LogP contribution in [0.3, 0.4) is 0 Å². The molecule has 2 rings (SSSR count). The van der Waals surface area contributed by atoms with E-state index in [2.05, 4.69) is 20.9 Å². The lowest BCUT2D eigenvalue weighted by Crippen LogP contribution is -2.39. The summed E-state index contributed by atoms with van der Waals surface area (Å²) in [6, 6.07) is 1.79. The third-order valence-electron chi connectivity index (χ3n) is 1.95.